The van der Waals surface area contributed by atoms with Gasteiger partial charge in [-0.05, 0) is 24.3 Å². The first kappa shape index (κ1) is 16.5. The van der Waals surface area contributed by atoms with Crippen LogP contribution in [-0.2, 0) is 6.18 Å². The molecule has 0 heterocycles. The summed E-state index contributed by atoms with van der Waals surface area (Å²) in [4.78, 5) is 0. The predicted molar refractivity (Wildman–Crippen MR) is 69.1 cm³/mol. The molecule has 0 aliphatic carbocycles. The molecule has 0 saturated carbocycles. The van der Waals surface area contributed by atoms with Crippen molar-refractivity contribution in [2.24, 2.45) is 0 Å². The summed E-state index contributed by atoms with van der Waals surface area (Å²) in [5.74, 6) is -3.36. The number of halogens is 5. The van der Waals surface area contributed by atoms with Crippen molar-refractivity contribution in [2.75, 3.05) is 7.11 Å². The number of hydrogen-bond donors (Lipinski definition) is 0. The molecule has 0 radical (unpaired) electrons. The molecule has 0 saturated heterocycles. The van der Waals surface area contributed by atoms with E-state index in [4.69, 9.17) is 14.7 Å². The maximum absolute atomic E-state index is 13.8. The van der Waals surface area contributed by atoms with E-state index in [0.29, 0.717) is 18.2 Å². The zero-order chi connectivity index (χ0) is 17.2. The van der Waals surface area contributed by atoms with E-state index in [0.717, 1.165) is 12.1 Å². The summed E-state index contributed by atoms with van der Waals surface area (Å²) >= 11 is 0. The SMILES string of the molecule is COc1ccc(C(F)(F)F)cc1Oc1cc(F)c(C#N)cc1F. The smallest absolute Gasteiger partial charge is 0.416 e. The van der Waals surface area contributed by atoms with Crippen molar-refractivity contribution >= 4 is 0 Å². The van der Waals surface area contributed by atoms with Gasteiger partial charge in [-0.3, -0.25) is 0 Å². The maximum Gasteiger partial charge on any atom is 0.416 e. The van der Waals surface area contributed by atoms with E-state index in [1.54, 1.807) is 0 Å². The predicted octanol–water partition coefficient (Wildman–Crippen LogP) is 4.66. The lowest BCUT2D eigenvalue weighted by molar-refractivity contribution is -0.137. The molecule has 2 aromatic carbocycles. The standard InChI is InChI=1S/C15H8F5NO2/c1-22-12-3-2-9(15(18,19)20)5-14(12)23-13-6-10(16)8(7-21)4-11(13)17/h2-6H,1H3. The summed E-state index contributed by atoms with van der Waals surface area (Å²) in [7, 11) is 1.19. The molecule has 0 unspecified atom stereocenters. The van der Waals surface area contributed by atoms with Crippen molar-refractivity contribution in [3.63, 3.8) is 0 Å². The Morgan fingerprint density at radius 3 is 2.22 bits per heavy atom. The molecule has 0 bridgehead atoms. The van der Waals surface area contributed by atoms with E-state index in [9.17, 15) is 22.0 Å². The lowest BCUT2D eigenvalue weighted by Gasteiger charge is -2.14. The number of alkyl halides is 3. The summed E-state index contributed by atoms with van der Waals surface area (Å²) in [6.45, 7) is 0. The lowest BCUT2D eigenvalue weighted by Crippen LogP contribution is -2.05. The van der Waals surface area contributed by atoms with Crippen LogP contribution in [0.4, 0.5) is 22.0 Å². The zero-order valence-electron chi connectivity index (χ0n) is 11.5. The number of methoxy groups -OCH3 is 1. The molecule has 0 aromatic heterocycles. The topological polar surface area (TPSA) is 42.2 Å². The molecule has 0 N–H and O–H groups in total. The third-order valence-corrected chi connectivity index (χ3v) is 2.85. The highest BCUT2D eigenvalue weighted by molar-refractivity contribution is 5.47. The molecular weight excluding hydrogens is 321 g/mol. The number of ether oxygens (including phenoxy) is 2. The van der Waals surface area contributed by atoms with E-state index in [1.165, 1.54) is 13.2 Å². The molecule has 0 fully saturated rings. The fourth-order valence-electron chi connectivity index (χ4n) is 1.74. The first-order valence-electron chi connectivity index (χ1n) is 6.08. The minimum absolute atomic E-state index is 0.0952. The Hall–Kier alpha value is -2.82. The van der Waals surface area contributed by atoms with Crippen LogP contribution in [0.25, 0.3) is 0 Å². The van der Waals surface area contributed by atoms with Crippen molar-refractivity contribution in [1.82, 2.24) is 0 Å². The number of rotatable bonds is 3. The Kier molecular flexibility index (Phi) is 4.40. The van der Waals surface area contributed by atoms with Gasteiger partial charge in [0.1, 0.15) is 11.9 Å². The van der Waals surface area contributed by atoms with Crippen LogP contribution in [0.3, 0.4) is 0 Å². The minimum Gasteiger partial charge on any atom is -0.493 e. The average molecular weight is 329 g/mol. The van der Waals surface area contributed by atoms with Gasteiger partial charge in [-0.15, -0.1) is 0 Å². The van der Waals surface area contributed by atoms with Crippen LogP contribution in [0, 0.1) is 23.0 Å². The van der Waals surface area contributed by atoms with Crippen LogP contribution in [0.2, 0.25) is 0 Å². The third kappa shape index (κ3) is 3.51. The van der Waals surface area contributed by atoms with Crippen LogP contribution in [0.1, 0.15) is 11.1 Å². The molecule has 0 aliphatic rings. The molecule has 2 rings (SSSR count). The van der Waals surface area contributed by atoms with Crippen molar-refractivity contribution < 1.29 is 31.4 Å². The van der Waals surface area contributed by atoms with E-state index in [-0.39, 0.29) is 5.75 Å². The normalized spacial score (nSPS) is 11.0. The van der Waals surface area contributed by atoms with Crippen LogP contribution in [0.5, 0.6) is 17.2 Å². The van der Waals surface area contributed by atoms with Crippen molar-refractivity contribution in [1.29, 1.82) is 5.26 Å². The number of nitrogens with zero attached hydrogens (tertiary/aromatic N) is 1. The van der Waals surface area contributed by atoms with Crippen LogP contribution >= 0.6 is 0 Å². The van der Waals surface area contributed by atoms with Crippen LogP contribution < -0.4 is 9.47 Å². The molecule has 2 aromatic rings. The average Bonchev–Trinajstić information content (AvgIpc) is 2.49. The number of benzene rings is 2. The largest absolute Gasteiger partial charge is 0.493 e. The Morgan fingerprint density at radius 1 is 0.957 bits per heavy atom. The second kappa shape index (κ2) is 6.12. The molecule has 8 heteroatoms. The second-order valence-corrected chi connectivity index (χ2v) is 4.34. The first-order valence-corrected chi connectivity index (χ1v) is 6.08. The molecule has 0 atom stereocenters. The van der Waals surface area contributed by atoms with Gasteiger partial charge in [-0.1, -0.05) is 0 Å². The van der Waals surface area contributed by atoms with Gasteiger partial charge in [0.25, 0.3) is 0 Å². The summed E-state index contributed by atoms with van der Waals surface area (Å²) in [6.07, 6.45) is -4.64. The summed E-state index contributed by atoms with van der Waals surface area (Å²) < 4.78 is 75.3. The quantitative estimate of drug-likeness (QED) is 0.769. The maximum atomic E-state index is 13.8. The van der Waals surface area contributed by atoms with Crippen LogP contribution in [-0.4, -0.2) is 7.11 Å². The van der Waals surface area contributed by atoms with E-state index >= 15 is 0 Å². The fourth-order valence-corrected chi connectivity index (χ4v) is 1.74. The molecule has 0 aliphatic heterocycles. The Bertz CT molecular complexity index is 781. The van der Waals surface area contributed by atoms with Gasteiger partial charge in [0, 0.05) is 6.07 Å². The van der Waals surface area contributed by atoms with E-state index in [1.807, 2.05) is 0 Å². The van der Waals surface area contributed by atoms with Gasteiger partial charge >= 0.3 is 6.18 Å². The Balaban J connectivity index is 2.47. The van der Waals surface area contributed by atoms with Crippen LogP contribution in [0.15, 0.2) is 30.3 Å². The van der Waals surface area contributed by atoms with Crippen molar-refractivity contribution in [3.8, 4) is 23.3 Å². The molecule has 120 valence electrons. The lowest BCUT2D eigenvalue weighted by atomic mass is 10.2. The third-order valence-electron chi connectivity index (χ3n) is 2.85. The number of hydrogen-bond acceptors (Lipinski definition) is 3. The van der Waals surface area contributed by atoms with Gasteiger partial charge in [0.15, 0.2) is 23.1 Å². The fraction of sp³-hybridized carbons (Fsp3) is 0.133. The number of nitriles is 1. The highest BCUT2D eigenvalue weighted by Gasteiger charge is 2.31. The van der Waals surface area contributed by atoms with Gasteiger partial charge in [-0.2, -0.15) is 18.4 Å². The van der Waals surface area contributed by atoms with Crippen molar-refractivity contribution in [2.45, 2.75) is 6.18 Å². The monoisotopic (exact) mass is 329 g/mol. The molecule has 0 spiro atoms. The van der Waals surface area contributed by atoms with Gasteiger partial charge < -0.3 is 9.47 Å². The van der Waals surface area contributed by atoms with Crippen molar-refractivity contribution in [3.05, 3.63) is 53.1 Å². The molecule has 3 nitrogen and oxygen atoms in total. The zero-order valence-corrected chi connectivity index (χ0v) is 11.5. The molecule has 23 heavy (non-hydrogen) atoms. The first-order chi connectivity index (χ1) is 10.8. The second-order valence-electron chi connectivity index (χ2n) is 4.34. The van der Waals surface area contributed by atoms with Gasteiger partial charge in [-0.25, -0.2) is 8.78 Å². The summed E-state index contributed by atoms with van der Waals surface area (Å²) in [5, 5.41) is 8.59. The summed E-state index contributed by atoms with van der Waals surface area (Å²) in [6, 6.07) is 4.97. The molecule has 0 amide bonds. The van der Waals surface area contributed by atoms with Gasteiger partial charge in [0.05, 0.1) is 18.2 Å². The summed E-state index contributed by atoms with van der Waals surface area (Å²) in [5.41, 5.74) is -1.59. The van der Waals surface area contributed by atoms with Gasteiger partial charge in [0.2, 0.25) is 0 Å². The Morgan fingerprint density at radius 2 is 1.65 bits per heavy atom. The highest BCUT2D eigenvalue weighted by Crippen LogP contribution is 2.39. The highest BCUT2D eigenvalue weighted by atomic mass is 19.4. The minimum atomic E-state index is -4.64. The van der Waals surface area contributed by atoms with E-state index in [2.05, 4.69) is 0 Å². The van der Waals surface area contributed by atoms with E-state index < -0.39 is 40.4 Å². The molecular formula is C15H8F5NO2. The Labute approximate surface area is 127 Å².